The van der Waals surface area contributed by atoms with Gasteiger partial charge in [0.1, 0.15) is 0 Å². The number of nitrogens with one attached hydrogen (secondary N) is 2. The van der Waals surface area contributed by atoms with Crippen LogP contribution >= 0.6 is 0 Å². The first-order chi connectivity index (χ1) is 9.65. The van der Waals surface area contributed by atoms with Crippen molar-refractivity contribution in [3.8, 4) is 0 Å². The Kier molecular flexibility index (Phi) is 5.41. The van der Waals surface area contributed by atoms with Gasteiger partial charge >= 0.3 is 0 Å². The number of amides is 1. The Hall–Kier alpha value is -1.55. The highest BCUT2D eigenvalue weighted by Crippen LogP contribution is 2.15. The molecule has 1 aliphatic heterocycles. The molecule has 0 radical (unpaired) electrons. The highest BCUT2D eigenvalue weighted by molar-refractivity contribution is 5.78. The first kappa shape index (κ1) is 14.9. The van der Waals surface area contributed by atoms with Crippen molar-refractivity contribution in [3.63, 3.8) is 0 Å². The molecule has 2 rings (SSSR count). The van der Waals surface area contributed by atoms with Crippen LogP contribution in [0, 0.1) is 5.92 Å². The highest BCUT2D eigenvalue weighted by atomic mass is 16.2. The monoisotopic (exact) mass is 275 g/mol. The van der Waals surface area contributed by atoms with Gasteiger partial charge in [-0.2, -0.15) is 0 Å². The van der Waals surface area contributed by atoms with Gasteiger partial charge in [-0.15, -0.1) is 0 Å². The average Bonchev–Trinajstić information content (AvgIpc) is 2.47. The number of carbonyl (C=O) groups is 1. The summed E-state index contributed by atoms with van der Waals surface area (Å²) in [5.41, 5.74) is 2.21. The number of benzene rings is 1. The fourth-order valence-electron chi connectivity index (χ4n) is 2.42. The van der Waals surface area contributed by atoms with Crippen LogP contribution in [0.1, 0.15) is 18.4 Å². The van der Waals surface area contributed by atoms with E-state index in [1.807, 2.05) is 12.1 Å². The topological polar surface area (TPSA) is 44.4 Å². The van der Waals surface area contributed by atoms with E-state index in [0.717, 1.165) is 36.8 Å². The van der Waals surface area contributed by atoms with Crippen LogP contribution in [0.15, 0.2) is 24.3 Å². The molecule has 0 aromatic heterocycles. The lowest BCUT2D eigenvalue weighted by Gasteiger charge is -2.23. The standard InChI is InChI=1S/C16H25N3O/c1-19(2)16(20)11-13-3-5-15(6-4-13)18-12-14-7-9-17-10-8-14/h3-6,14,17-18H,7-12H2,1-2H3. The molecule has 0 unspecified atom stereocenters. The van der Waals surface area contributed by atoms with Crippen LogP contribution in [-0.2, 0) is 11.2 Å². The van der Waals surface area contributed by atoms with E-state index in [9.17, 15) is 4.79 Å². The molecule has 0 saturated carbocycles. The molecule has 4 nitrogen and oxygen atoms in total. The second-order valence-electron chi connectivity index (χ2n) is 5.74. The first-order valence-electron chi connectivity index (χ1n) is 7.39. The Labute approximate surface area is 121 Å². The number of piperidine rings is 1. The zero-order valence-electron chi connectivity index (χ0n) is 12.5. The van der Waals surface area contributed by atoms with E-state index in [1.54, 1.807) is 19.0 Å². The number of nitrogens with zero attached hydrogens (tertiary/aromatic N) is 1. The third-order valence-corrected chi connectivity index (χ3v) is 3.86. The van der Waals surface area contributed by atoms with E-state index < -0.39 is 0 Å². The molecule has 110 valence electrons. The van der Waals surface area contributed by atoms with E-state index in [0.29, 0.717) is 6.42 Å². The molecule has 4 heteroatoms. The molecule has 2 N–H and O–H groups in total. The number of anilines is 1. The summed E-state index contributed by atoms with van der Waals surface area (Å²) in [5.74, 6) is 0.909. The second kappa shape index (κ2) is 7.29. The Morgan fingerprint density at radius 1 is 1.25 bits per heavy atom. The van der Waals surface area contributed by atoms with Crippen molar-refractivity contribution in [1.82, 2.24) is 10.2 Å². The summed E-state index contributed by atoms with van der Waals surface area (Å²) >= 11 is 0. The summed E-state index contributed by atoms with van der Waals surface area (Å²) in [6.07, 6.45) is 2.98. The zero-order chi connectivity index (χ0) is 14.4. The SMILES string of the molecule is CN(C)C(=O)Cc1ccc(NCC2CCNCC2)cc1. The Bertz CT molecular complexity index is 422. The molecule has 0 atom stereocenters. The maximum absolute atomic E-state index is 11.6. The third kappa shape index (κ3) is 4.53. The van der Waals surface area contributed by atoms with Gasteiger partial charge in [0.2, 0.25) is 5.91 Å². The van der Waals surface area contributed by atoms with E-state index in [1.165, 1.54) is 12.8 Å². The lowest BCUT2D eigenvalue weighted by molar-refractivity contribution is -0.127. The Morgan fingerprint density at radius 3 is 2.50 bits per heavy atom. The van der Waals surface area contributed by atoms with Crippen molar-refractivity contribution < 1.29 is 4.79 Å². The Balaban J connectivity index is 1.80. The van der Waals surface area contributed by atoms with Gasteiger partial charge in [-0.1, -0.05) is 12.1 Å². The van der Waals surface area contributed by atoms with Crippen LogP contribution < -0.4 is 10.6 Å². The summed E-state index contributed by atoms with van der Waals surface area (Å²) in [6.45, 7) is 3.31. The summed E-state index contributed by atoms with van der Waals surface area (Å²) in [4.78, 5) is 13.3. The highest BCUT2D eigenvalue weighted by Gasteiger charge is 2.12. The number of likely N-dealkylation sites (N-methyl/N-ethyl adjacent to an activating group) is 1. The van der Waals surface area contributed by atoms with E-state index in [4.69, 9.17) is 0 Å². The largest absolute Gasteiger partial charge is 0.385 e. The van der Waals surface area contributed by atoms with Crippen molar-refractivity contribution in [2.24, 2.45) is 5.92 Å². The first-order valence-corrected chi connectivity index (χ1v) is 7.39. The fraction of sp³-hybridized carbons (Fsp3) is 0.562. The van der Waals surface area contributed by atoms with Crippen molar-refractivity contribution >= 4 is 11.6 Å². The van der Waals surface area contributed by atoms with Crippen LogP contribution in [0.4, 0.5) is 5.69 Å². The maximum Gasteiger partial charge on any atom is 0.226 e. The smallest absolute Gasteiger partial charge is 0.226 e. The van der Waals surface area contributed by atoms with E-state index >= 15 is 0 Å². The summed E-state index contributed by atoms with van der Waals surface area (Å²) in [6, 6.07) is 8.21. The predicted octanol–water partition coefficient (Wildman–Crippen LogP) is 1.73. The minimum absolute atomic E-state index is 0.139. The minimum atomic E-state index is 0.139. The summed E-state index contributed by atoms with van der Waals surface area (Å²) in [5, 5.41) is 6.88. The lowest BCUT2D eigenvalue weighted by atomic mass is 9.98. The van der Waals surface area contributed by atoms with Crippen LogP contribution in [0.25, 0.3) is 0 Å². The average molecular weight is 275 g/mol. The van der Waals surface area contributed by atoms with Gasteiger partial charge in [-0.25, -0.2) is 0 Å². The van der Waals surface area contributed by atoms with Crippen molar-refractivity contribution in [1.29, 1.82) is 0 Å². The van der Waals surface area contributed by atoms with Crippen LogP contribution in [0.3, 0.4) is 0 Å². The van der Waals surface area contributed by atoms with Gasteiger partial charge < -0.3 is 15.5 Å². The van der Waals surface area contributed by atoms with Gasteiger partial charge in [-0.05, 0) is 49.5 Å². The molecule has 1 aromatic carbocycles. The molecule has 1 fully saturated rings. The van der Waals surface area contributed by atoms with Crippen molar-refractivity contribution in [3.05, 3.63) is 29.8 Å². The van der Waals surface area contributed by atoms with Gasteiger partial charge in [0.15, 0.2) is 0 Å². The van der Waals surface area contributed by atoms with Crippen molar-refractivity contribution in [2.75, 3.05) is 39.0 Å². The maximum atomic E-state index is 11.6. The molecule has 0 aliphatic carbocycles. The summed E-state index contributed by atoms with van der Waals surface area (Å²) in [7, 11) is 3.58. The number of hydrogen-bond acceptors (Lipinski definition) is 3. The number of hydrogen-bond donors (Lipinski definition) is 2. The third-order valence-electron chi connectivity index (χ3n) is 3.86. The molecule has 1 saturated heterocycles. The molecule has 1 aliphatic rings. The minimum Gasteiger partial charge on any atom is -0.385 e. The van der Waals surface area contributed by atoms with Gasteiger partial charge in [0, 0.05) is 26.3 Å². The molecule has 20 heavy (non-hydrogen) atoms. The fourth-order valence-corrected chi connectivity index (χ4v) is 2.42. The normalized spacial score (nSPS) is 15.9. The van der Waals surface area contributed by atoms with E-state index in [2.05, 4.69) is 22.8 Å². The van der Waals surface area contributed by atoms with Gasteiger partial charge in [0.25, 0.3) is 0 Å². The number of carbonyl (C=O) groups excluding carboxylic acids is 1. The van der Waals surface area contributed by atoms with Gasteiger partial charge in [-0.3, -0.25) is 4.79 Å². The second-order valence-corrected chi connectivity index (χ2v) is 5.74. The van der Waals surface area contributed by atoms with E-state index in [-0.39, 0.29) is 5.91 Å². The van der Waals surface area contributed by atoms with Crippen LogP contribution in [0.5, 0.6) is 0 Å². The molecule has 1 amide bonds. The Morgan fingerprint density at radius 2 is 1.90 bits per heavy atom. The molecular formula is C16H25N3O. The van der Waals surface area contributed by atoms with Gasteiger partial charge in [0.05, 0.1) is 6.42 Å². The molecule has 0 bridgehead atoms. The molecule has 1 aromatic rings. The van der Waals surface area contributed by atoms with Crippen LogP contribution in [-0.4, -0.2) is 44.5 Å². The number of rotatable bonds is 5. The van der Waals surface area contributed by atoms with Crippen molar-refractivity contribution in [2.45, 2.75) is 19.3 Å². The summed E-state index contributed by atoms with van der Waals surface area (Å²) < 4.78 is 0. The lowest BCUT2D eigenvalue weighted by Crippen LogP contribution is -2.31. The molecule has 1 heterocycles. The molecular weight excluding hydrogens is 250 g/mol. The molecule has 0 spiro atoms. The predicted molar refractivity (Wildman–Crippen MR) is 82.9 cm³/mol. The van der Waals surface area contributed by atoms with Crippen LogP contribution in [0.2, 0.25) is 0 Å². The quantitative estimate of drug-likeness (QED) is 0.860. The zero-order valence-corrected chi connectivity index (χ0v) is 12.5.